The molecule has 0 radical (unpaired) electrons. The molecule has 0 saturated heterocycles. The zero-order valence-electron chi connectivity index (χ0n) is 68.6. The third kappa shape index (κ3) is 15.8. The smallest absolute Gasteiger partial charge is 0.0620 e. The van der Waals surface area contributed by atoms with E-state index in [2.05, 4.69) is 326 Å². The van der Waals surface area contributed by atoms with Crippen LogP contribution in [0.15, 0.2) is 212 Å². The molecule has 11 aromatic rings. The second-order valence-corrected chi connectivity index (χ2v) is 38.8. The number of fused-ring (bicyclic) bond motifs is 2. The molecular weight excluding hydrogens is 1300 g/mol. The van der Waals surface area contributed by atoms with E-state index in [9.17, 15) is 0 Å². The van der Waals surface area contributed by atoms with Gasteiger partial charge in [0.15, 0.2) is 0 Å². The van der Waals surface area contributed by atoms with Crippen LogP contribution in [0.2, 0.25) is 0 Å². The van der Waals surface area contributed by atoms with Crippen molar-refractivity contribution in [3.63, 3.8) is 0 Å². The minimum absolute atomic E-state index is 0.154. The first-order chi connectivity index (χ1) is 51.7. The van der Waals surface area contributed by atoms with E-state index in [1.807, 2.05) is 0 Å². The quantitative estimate of drug-likeness (QED) is 0.0791. The lowest BCUT2D eigenvalue weighted by Crippen LogP contribution is -2.21. The molecule has 11 aromatic carbocycles. The molecule has 4 saturated carbocycles. The first-order valence-corrected chi connectivity index (χ1v) is 42.3. The van der Waals surface area contributed by atoms with Gasteiger partial charge in [0.1, 0.15) is 0 Å². The Hall–Kier alpha value is -8.46. The molecule has 558 valence electrons. The molecule has 4 fully saturated rings. The second-order valence-electron chi connectivity index (χ2n) is 38.8. The van der Waals surface area contributed by atoms with Gasteiger partial charge in [0, 0.05) is 44.0 Å². The lowest BCUT2D eigenvalue weighted by atomic mass is 9.79. The second kappa shape index (κ2) is 30.4. The largest absolute Gasteiger partial charge is 0.309 e. The van der Waals surface area contributed by atoms with E-state index in [0.717, 1.165) is 0 Å². The maximum atomic E-state index is 2.75. The molecule has 4 aliphatic carbocycles. The first kappa shape index (κ1) is 75.0. The van der Waals surface area contributed by atoms with Crippen LogP contribution in [-0.4, -0.2) is 0 Å². The fraction of sp³-hybridized carbons (Fsp3) is 0.415. The van der Waals surface area contributed by atoms with E-state index >= 15 is 0 Å². The Morgan fingerprint density at radius 1 is 0.222 bits per heavy atom. The molecule has 108 heavy (non-hydrogen) atoms. The third-order valence-corrected chi connectivity index (χ3v) is 25.8. The summed E-state index contributed by atoms with van der Waals surface area (Å²) in [4.78, 5) is 5.49. The average Bonchev–Trinajstić information content (AvgIpc) is 0.711. The Morgan fingerprint density at radius 2 is 0.491 bits per heavy atom. The van der Waals surface area contributed by atoms with Gasteiger partial charge in [-0.2, -0.15) is 0 Å². The van der Waals surface area contributed by atoms with Gasteiger partial charge >= 0.3 is 0 Å². The third-order valence-electron chi connectivity index (χ3n) is 25.8. The molecule has 0 aromatic heterocycles. The summed E-state index contributed by atoms with van der Waals surface area (Å²) in [6, 6.07) is 86.8. The summed E-state index contributed by atoms with van der Waals surface area (Å²) in [5.74, 6) is 2.49. The van der Waals surface area contributed by atoms with E-state index in [0.29, 0.717) is 23.7 Å². The molecule has 0 N–H and O–H groups in total. The summed E-state index contributed by atoms with van der Waals surface area (Å²) in [7, 11) is 0. The molecule has 0 aliphatic heterocycles. The standard InChI is InChI=1S/C106H124N2/c1-102(2,3)85-58-59-94-97(70-85)101(108(91-68-88(105(10,11)12)65-89(69-91)106(13,14)15)99-61-57-84(80-46-42-76(43-47-80)72-32-22-17-23-33-72)63-96(99)82-54-50-78(51-55-82)74-36-26-19-27-37-74)93-39-29-28-38-92(93)100(94)107(90-66-86(103(4,5)6)64-87(67-90)104(7,8)9)98-60-56-83(79-44-40-75(41-45-79)71-30-20-16-21-31-71)62-95(98)81-52-48-77(49-53-81)73-34-24-18-25-35-73/h28-29,38-74H,16-27,30-37H2,1-15H3. The van der Waals surface area contributed by atoms with Gasteiger partial charge in [-0.15, -0.1) is 0 Å². The molecule has 0 bridgehead atoms. The van der Waals surface area contributed by atoms with Gasteiger partial charge in [-0.3, -0.25) is 0 Å². The van der Waals surface area contributed by atoms with Crippen molar-refractivity contribution in [3.05, 3.63) is 262 Å². The van der Waals surface area contributed by atoms with Gasteiger partial charge in [-0.05, 0) is 240 Å². The van der Waals surface area contributed by atoms with Gasteiger partial charge in [0.05, 0.1) is 22.7 Å². The Balaban J connectivity index is 1.05. The van der Waals surface area contributed by atoms with E-state index in [1.165, 1.54) is 279 Å². The molecule has 0 unspecified atom stereocenters. The van der Waals surface area contributed by atoms with Gasteiger partial charge in [-0.25, -0.2) is 0 Å². The number of rotatable bonds is 14. The molecule has 0 spiro atoms. The van der Waals surface area contributed by atoms with Gasteiger partial charge in [0.2, 0.25) is 0 Å². The summed E-state index contributed by atoms with van der Waals surface area (Å²) >= 11 is 0. The molecule has 2 heteroatoms. The number of hydrogen-bond acceptors (Lipinski definition) is 2. The highest BCUT2D eigenvalue weighted by molar-refractivity contribution is 6.24. The highest BCUT2D eigenvalue weighted by atomic mass is 15.2. The molecule has 0 heterocycles. The molecular formula is C106H124N2. The Labute approximate surface area is 651 Å². The molecule has 4 aliphatic rings. The zero-order chi connectivity index (χ0) is 75.4. The van der Waals surface area contributed by atoms with Crippen molar-refractivity contribution in [3.8, 4) is 44.5 Å². The van der Waals surface area contributed by atoms with Crippen LogP contribution in [0.4, 0.5) is 34.1 Å². The maximum absolute atomic E-state index is 2.75. The van der Waals surface area contributed by atoms with Crippen LogP contribution >= 0.6 is 0 Å². The van der Waals surface area contributed by atoms with E-state index in [4.69, 9.17) is 0 Å². The van der Waals surface area contributed by atoms with Crippen molar-refractivity contribution < 1.29 is 0 Å². The topological polar surface area (TPSA) is 6.48 Å². The molecule has 0 atom stereocenters. The normalized spacial score (nSPS) is 16.5. The molecule has 2 nitrogen and oxygen atoms in total. The summed E-state index contributed by atoms with van der Waals surface area (Å²) in [5.41, 5.74) is 28.7. The predicted octanol–water partition coefficient (Wildman–Crippen LogP) is 32.3. The van der Waals surface area contributed by atoms with Crippen molar-refractivity contribution in [2.24, 2.45) is 0 Å². The summed E-state index contributed by atoms with van der Waals surface area (Å²) in [6.45, 7) is 36.0. The summed E-state index contributed by atoms with van der Waals surface area (Å²) in [6.07, 6.45) is 26.2. The van der Waals surface area contributed by atoms with Gasteiger partial charge in [-0.1, -0.05) is 339 Å². The highest BCUT2D eigenvalue weighted by Gasteiger charge is 2.34. The number of benzene rings is 11. The summed E-state index contributed by atoms with van der Waals surface area (Å²) < 4.78 is 0. The van der Waals surface area contributed by atoms with Crippen LogP contribution < -0.4 is 9.80 Å². The lowest BCUT2D eigenvalue weighted by molar-refractivity contribution is 0.443. The van der Waals surface area contributed by atoms with E-state index < -0.39 is 0 Å². The van der Waals surface area contributed by atoms with Crippen molar-refractivity contribution >= 4 is 55.7 Å². The minimum Gasteiger partial charge on any atom is -0.309 e. The highest BCUT2D eigenvalue weighted by Crippen LogP contribution is 2.57. The molecule has 0 amide bonds. The minimum atomic E-state index is -0.184. The Kier molecular flexibility index (Phi) is 21.1. The van der Waals surface area contributed by atoms with Gasteiger partial charge in [0.25, 0.3) is 0 Å². The van der Waals surface area contributed by atoms with Crippen LogP contribution in [0.3, 0.4) is 0 Å². The van der Waals surface area contributed by atoms with Crippen molar-refractivity contribution in [1.29, 1.82) is 0 Å². The van der Waals surface area contributed by atoms with Crippen LogP contribution in [0.5, 0.6) is 0 Å². The average molecular weight is 1430 g/mol. The summed E-state index contributed by atoms with van der Waals surface area (Å²) in [5, 5.41) is 4.82. The van der Waals surface area contributed by atoms with Crippen LogP contribution in [0.1, 0.15) is 306 Å². The monoisotopic (exact) mass is 1420 g/mol. The molecule has 15 rings (SSSR count). The zero-order valence-corrected chi connectivity index (χ0v) is 68.6. The van der Waals surface area contributed by atoms with E-state index in [-0.39, 0.29) is 27.1 Å². The SMILES string of the molecule is CC(C)(C)c1cc(N(c2ccc(-c3ccc(C4CCCCC4)cc3)cc2-c2ccc(C3CCCCC3)cc2)c2c3ccccc3c(N(c3cc(C(C)(C)C)cc(C(C)(C)C)c3)c3ccc(-c4ccc(C5CCCCC5)cc4)cc3-c3ccc(C4CCCCC4)cc3)c3cc(C(C)(C)C)ccc23)cc(C(C)(C)C)c1. The number of anilines is 6. The van der Waals surface area contributed by atoms with E-state index in [1.54, 1.807) is 0 Å². The van der Waals surface area contributed by atoms with Crippen LogP contribution in [0.25, 0.3) is 66.1 Å². The lowest BCUT2D eigenvalue weighted by Gasteiger charge is -2.37. The fourth-order valence-corrected chi connectivity index (χ4v) is 18.9. The number of nitrogens with zero attached hydrogens (tertiary/aromatic N) is 2. The van der Waals surface area contributed by atoms with Crippen molar-refractivity contribution in [1.82, 2.24) is 0 Å². The van der Waals surface area contributed by atoms with Crippen molar-refractivity contribution in [2.45, 2.75) is 283 Å². The van der Waals surface area contributed by atoms with Crippen LogP contribution in [-0.2, 0) is 27.1 Å². The first-order valence-electron chi connectivity index (χ1n) is 42.3. The number of hydrogen-bond donors (Lipinski definition) is 0. The fourth-order valence-electron chi connectivity index (χ4n) is 18.9. The Bertz CT molecular complexity index is 4920. The van der Waals surface area contributed by atoms with Gasteiger partial charge < -0.3 is 9.80 Å². The Morgan fingerprint density at radius 3 is 0.787 bits per heavy atom. The van der Waals surface area contributed by atoms with Crippen LogP contribution in [0, 0.1) is 0 Å². The maximum Gasteiger partial charge on any atom is 0.0620 e. The predicted molar refractivity (Wildman–Crippen MR) is 469 cm³/mol. The van der Waals surface area contributed by atoms with Crippen molar-refractivity contribution in [2.75, 3.05) is 9.80 Å².